The maximum absolute atomic E-state index is 12.1. The first-order chi connectivity index (χ1) is 9.62. The van der Waals surface area contributed by atoms with Gasteiger partial charge < -0.3 is 9.84 Å². The van der Waals surface area contributed by atoms with E-state index >= 15 is 0 Å². The smallest absolute Gasteiger partial charge is 0.240 e. The van der Waals surface area contributed by atoms with Crippen LogP contribution in [-0.4, -0.2) is 32.2 Å². The Bertz CT molecular complexity index is 640. The maximum atomic E-state index is 12.1. The first-order valence-corrected chi connectivity index (χ1v) is 7.58. The van der Waals surface area contributed by atoms with Crippen molar-refractivity contribution in [3.05, 3.63) is 42.0 Å². The van der Waals surface area contributed by atoms with E-state index in [2.05, 4.69) is 24.7 Å². The third kappa shape index (κ3) is 3.86. The van der Waals surface area contributed by atoms with E-state index in [0.717, 1.165) is 5.56 Å². The van der Waals surface area contributed by atoms with E-state index in [-0.39, 0.29) is 11.4 Å². The molecule has 2 rings (SSSR count). The van der Waals surface area contributed by atoms with Gasteiger partial charge in [-0.25, -0.2) is 13.1 Å². The van der Waals surface area contributed by atoms with Crippen molar-refractivity contribution >= 4 is 10.0 Å². The molecule has 1 aromatic heterocycles. The standard InChI is InChI=1S/C12H16N4O3S/c1-13-8-10-3-2-4-11(7-10)20(17,18)15-6-5-12-14-9-19-16-12/h2-4,7,9,13,15H,5-6,8H2,1H3. The van der Waals surface area contributed by atoms with Crippen molar-refractivity contribution in [2.24, 2.45) is 0 Å². The van der Waals surface area contributed by atoms with Crippen LogP contribution >= 0.6 is 0 Å². The highest BCUT2D eigenvalue weighted by Gasteiger charge is 2.14. The lowest BCUT2D eigenvalue weighted by Gasteiger charge is -2.07. The minimum Gasteiger partial charge on any atom is -0.343 e. The number of aromatic nitrogens is 2. The molecule has 0 bridgehead atoms. The number of nitrogens with one attached hydrogen (secondary N) is 2. The summed E-state index contributed by atoms with van der Waals surface area (Å²) < 4.78 is 31.3. The molecule has 0 aliphatic rings. The molecule has 0 atom stereocenters. The number of sulfonamides is 1. The molecule has 0 fully saturated rings. The van der Waals surface area contributed by atoms with Gasteiger partial charge >= 0.3 is 0 Å². The third-order valence-corrected chi connectivity index (χ3v) is 4.10. The number of benzene rings is 1. The second-order valence-corrected chi connectivity index (χ2v) is 5.94. The van der Waals surface area contributed by atoms with Gasteiger partial charge in [0.25, 0.3) is 0 Å². The van der Waals surface area contributed by atoms with E-state index in [1.165, 1.54) is 6.39 Å². The topological polar surface area (TPSA) is 97.1 Å². The van der Waals surface area contributed by atoms with E-state index < -0.39 is 10.0 Å². The summed E-state index contributed by atoms with van der Waals surface area (Å²) in [6.07, 6.45) is 1.59. The predicted molar refractivity (Wildman–Crippen MR) is 72.4 cm³/mol. The van der Waals surface area contributed by atoms with Crippen LogP contribution in [0, 0.1) is 0 Å². The lowest BCUT2D eigenvalue weighted by atomic mass is 10.2. The molecular formula is C12H16N4O3S. The van der Waals surface area contributed by atoms with Crippen LogP contribution in [0.5, 0.6) is 0 Å². The molecule has 2 N–H and O–H groups in total. The number of nitrogens with zero attached hydrogens (tertiary/aromatic N) is 2. The largest absolute Gasteiger partial charge is 0.343 e. The van der Waals surface area contributed by atoms with Gasteiger partial charge in [-0.3, -0.25) is 0 Å². The molecule has 20 heavy (non-hydrogen) atoms. The fourth-order valence-corrected chi connectivity index (χ4v) is 2.81. The molecule has 8 heteroatoms. The summed E-state index contributed by atoms with van der Waals surface area (Å²) in [5.41, 5.74) is 0.911. The summed E-state index contributed by atoms with van der Waals surface area (Å²) >= 11 is 0. The van der Waals surface area contributed by atoms with Gasteiger partial charge in [0.15, 0.2) is 5.82 Å². The minimum atomic E-state index is -3.52. The summed E-state index contributed by atoms with van der Waals surface area (Å²) in [4.78, 5) is 4.07. The van der Waals surface area contributed by atoms with Gasteiger partial charge in [0.1, 0.15) is 0 Å². The number of hydrogen-bond acceptors (Lipinski definition) is 6. The SMILES string of the molecule is CNCc1cccc(S(=O)(=O)NCCc2ncon2)c1. The Hall–Kier alpha value is -1.77. The quantitative estimate of drug-likeness (QED) is 0.763. The van der Waals surface area contributed by atoms with E-state index in [4.69, 9.17) is 0 Å². The number of hydrogen-bond donors (Lipinski definition) is 2. The normalized spacial score (nSPS) is 11.7. The Morgan fingerprint density at radius 2 is 2.20 bits per heavy atom. The molecule has 7 nitrogen and oxygen atoms in total. The van der Waals surface area contributed by atoms with Gasteiger partial charge in [-0.05, 0) is 24.7 Å². The Morgan fingerprint density at radius 1 is 1.35 bits per heavy atom. The second-order valence-electron chi connectivity index (χ2n) is 4.17. The molecule has 0 spiro atoms. The van der Waals surface area contributed by atoms with E-state index in [1.54, 1.807) is 18.2 Å². The van der Waals surface area contributed by atoms with Crippen LogP contribution in [0.15, 0.2) is 40.1 Å². The van der Waals surface area contributed by atoms with E-state index in [1.807, 2.05) is 13.1 Å². The lowest BCUT2D eigenvalue weighted by Crippen LogP contribution is -2.26. The first-order valence-electron chi connectivity index (χ1n) is 6.10. The molecule has 2 aromatic rings. The van der Waals surface area contributed by atoms with Crippen LogP contribution < -0.4 is 10.0 Å². The van der Waals surface area contributed by atoms with Gasteiger partial charge in [-0.15, -0.1) is 0 Å². The zero-order valence-corrected chi connectivity index (χ0v) is 11.9. The molecule has 0 aliphatic carbocycles. The highest BCUT2D eigenvalue weighted by molar-refractivity contribution is 7.89. The summed E-state index contributed by atoms with van der Waals surface area (Å²) in [5, 5.41) is 6.60. The minimum absolute atomic E-state index is 0.220. The third-order valence-electron chi connectivity index (χ3n) is 2.64. The lowest BCUT2D eigenvalue weighted by molar-refractivity contribution is 0.410. The van der Waals surface area contributed by atoms with Crippen LogP contribution in [0.3, 0.4) is 0 Å². The second kappa shape index (κ2) is 6.60. The maximum Gasteiger partial charge on any atom is 0.240 e. The fourth-order valence-electron chi connectivity index (χ4n) is 1.71. The summed E-state index contributed by atoms with van der Waals surface area (Å²) in [6.45, 7) is 0.838. The highest BCUT2D eigenvalue weighted by atomic mass is 32.2. The molecular weight excluding hydrogens is 280 g/mol. The van der Waals surface area contributed by atoms with Gasteiger partial charge in [0.2, 0.25) is 16.4 Å². The van der Waals surface area contributed by atoms with Crippen molar-refractivity contribution in [2.45, 2.75) is 17.9 Å². The van der Waals surface area contributed by atoms with Crippen molar-refractivity contribution in [3.8, 4) is 0 Å². The van der Waals surface area contributed by atoms with Crippen molar-refractivity contribution in [3.63, 3.8) is 0 Å². The van der Waals surface area contributed by atoms with E-state index in [0.29, 0.717) is 18.8 Å². The molecule has 0 radical (unpaired) electrons. The Labute approximate surface area is 117 Å². The molecule has 0 saturated heterocycles. The van der Waals surface area contributed by atoms with Crippen LogP contribution in [-0.2, 0) is 23.0 Å². The highest BCUT2D eigenvalue weighted by Crippen LogP contribution is 2.11. The monoisotopic (exact) mass is 296 g/mol. The zero-order valence-electron chi connectivity index (χ0n) is 11.0. The predicted octanol–water partition coefficient (Wildman–Crippen LogP) is 0.310. The van der Waals surface area contributed by atoms with Gasteiger partial charge in [0.05, 0.1) is 4.90 Å². The van der Waals surface area contributed by atoms with Crippen molar-refractivity contribution in [2.75, 3.05) is 13.6 Å². The van der Waals surface area contributed by atoms with Gasteiger partial charge in [-0.2, -0.15) is 4.98 Å². The van der Waals surface area contributed by atoms with Crippen molar-refractivity contribution in [1.82, 2.24) is 20.2 Å². The Balaban J connectivity index is 2.00. The molecule has 1 aromatic carbocycles. The first kappa shape index (κ1) is 14.6. The Morgan fingerprint density at radius 3 is 2.90 bits per heavy atom. The van der Waals surface area contributed by atoms with Crippen molar-refractivity contribution in [1.29, 1.82) is 0 Å². The summed E-state index contributed by atoms with van der Waals surface area (Å²) in [6, 6.07) is 6.80. The summed E-state index contributed by atoms with van der Waals surface area (Å²) in [5.74, 6) is 0.469. The molecule has 0 unspecified atom stereocenters. The Kier molecular flexibility index (Phi) is 4.83. The molecule has 0 saturated carbocycles. The molecule has 0 aliphatic heterocycles. The fraction of sp³-hybridized carbons (Fsp3) is 0.333. The van der Waals surface area contributed by atoms with Crippen molar-refractivity contribution < 1.29 is 12.9 Å². The van der Waals surface area contributed by atoms with Crippen LogP contribution in [0.1, 0.15) is 11.4 Å². The molecule has 108 valence electrons. The average molecular weight is 296 g/mol. The van der Waals surface area contributed by atoms with Crippen LogP contribution in [0.4, 0.5) is 0 Å². The summed E-state index contributed by atoms with van der Waals surface area (Å²) in [7, 11) is -1.71. The number of rotatable bonds is 7. The molecule has 0 amide bonds. The molecule has 1 heterocycles. The zero-order chi connectivity index (χ0) is 14.4. The average Bonchev–Trinajstić information content (AvgIpc) is 2.92. The van der Waals surface area contributed by atoms with E-state index in [9.17, 15) is 8.42 Å². The van der Waals surface area contributed by atoms with Gasteiger partial charge in [0, 0.05) is 19.5 Å². The van der Waals surface area contributed by atoms with Crippen LogP contribution in [0.2, 0.25) is 0 Å². The van der Waals surface area contributed by atoms with Crippen LogP contribution in [0.25, 0.3) is 0 Å². The van der Waals surface area contributed by atoms with Gasteiger partial charge in [-0.1, -0.05) is 17.3 Å².